The van der Waals surface area contributed by atoms with Crippen LogP contribution in [0.1, 0.15) is 11.4 Å². The van der Waals surface area contributed by atoms with E-state index in [-0.39, 0.29) is 0 Å². The lowest BCUT2D eigenvalue weighted by molar-refractivity contribution is 0.782. The largest absolute Gasteiger partial charge is 0.139 e. The van der Waals surface area contributed by atoms with Gasteiger partial charge in [0.1, 0.15) is 0 Å². The minimum absolute atomic E-state index is 0.602. The lowest BCUT2D eigenvalue weighted by Crippen LogP contribution is -1.99. The molecule has 0 aliphatic heterocycles. The normalized spacial score (nSPS) is 9.85. The molecule has 0 aliphatic carbocycles. The molecule has 2 aromatic heterocycles. The van der Waals surface area contributed by atoms with Crippen LogP contribution >= 0.6 is 0 Å². The minimum atomic E-state index is 0.602. The number of aromatic nitrogens is 6. The van der Waals surface area contributed by atoms with Gasteiger partial charge in [-0.15, -0.1) is 20.4 Å². The van der Waals surface area contributed by atoms with Crippen LogP contribution in [-0.2, 0) is 6.42 Å². The number of rotatable bonds is 2. The summed E-state index contributed by atoms with van der Waals surface area (Å²) in [5, 5.41) is 21.8. The van der Waals surface area contributed by atoms with Crippen molar-refractivity contribution in [1.29, 1.82) is 0 Å². The van der Waals surface area contributed by atoms with E-state index in [1.54, 1.807) is 24.5 Å². The van der Waals surface area contributed by atoms with Gasteiger partial charge in [0.2, 0.25) is 0 Å². The molecule has 2 rings (SSSR count). The lowest BCUT2D eigenvalue weighted by Gasteiger charge is -1.95. The predicted octanol–water partition coefficient (Wildman–Crippen LogP) is -0.353. The van der Waals surface area contributed by atoms with Gasteiger partial charge in [-0.05, 0) is 22.6 Å². The quantitative estimate of drug-likeness (QED) is 0.619. The van der Waals surface area contributed by atoms with Gasteiger partial charge in [0.25, 0.3) is 0 Å². The van der Waals surface area contributed by atoms with Crippen LogP contribution in [0.25, 0.3) is 0 Å². The molecule has 64 valence electrons. The highest BCUT2D eigenvalue weighted by Gasteiger charge is 1.98. The third-order valence-electron chi connectivity index (χ3n) is 1.48. The van der Waals surface area contributed by atoms with Crippen LogP contribution in [-0.4, -0.2) is 30.8 Å². The molecular weight excluding hydrogens is 168 g/mol. The van der Waals surface area contributed by atoms with Crippen molar-refractivity contribution < 1.29 is 0 Å². The van der Waals surface area contributed by atoms with Crippen molar-refractivity contribution in [3.05, 3.63) is 35.9 Å². The van der Waals surface area contributed by atoms with Crippen molar-refractivity contribution >= 4 is 0 Å². The highest BCUT2D eigenvalue weighted by atomic mass is 15.3. The summed E-state index contributed by atoms with van der Waals surface area (Å²) in [6, 6.07) is 3.57. The second-order valence-corrected chi connectivity index (χ2v) is 2.40. The summed E-state index contributed by atoms with van der Waals surface area (Å²) in [7, 11) is 0. The van der Waals surface area contributed by atoms with Gasteiger partial charge in [-0.1, -0.05) is 0 Å². The van der Waals surface area contributed by atoms with Gasteiger partial charge in [-0.25, -0.2) is 0 Å². The Balaban J connectivity index is 2.16. The van der Waals surface area contributed by atoms with E-state index >= 15 is 0 Å². The molecule has 0 aromatic carbocycles. The molecule has 2 aromatic rings. The van der Waals surface area contributed by atoms with Crippen LogP contribution in [0.5, 0.6) is 0 Å². The van der Waals surface area contributed by atoms with E-state index in [0.717, 1.165) is 11.4 Å². The molecule has 6 heteroatoms. The Hall–Kier alpha value is -1.98. The number of hydrogen-bond donors (Lipinski definition) is 0. The standard InChI is InChI=1S/C7H6N6/c1-3-8-12-10-6(1)5-7-2-4-9-13-11-7/h1-4H,5H2. The second-order valence-electron chi connectivity index (χ2n) is 2.40. The summed E-state index contributed by atoms with van der Waals surface area (Å²) in [5.74, 6) is 0. The van der Waals surface area contributed by atoms with E-state index in [1.807, 2.05) is 0 Å². The van der Waals surface area contributed by atoms with Crippen molar-refractivity contribution in [2.24, 2.45) is 0 Å². The lowest BCUT2D eigenvalue weighted by atomic mass is 10.2. The van der Waals surface area contributed by atoms with Crippen molar-refractivity contribution in [1.82, 2.24) is 30.8 Å². The molecule has 0 bridgehead atoms. The molecule has 0 atom stereocenters. The molecule has 6 nitrogen and oxygen atoms in total. The van der Waals surface area contributed by atoms with Crippen LogP contribution in [0.3, 0.4) is 0 Å². The first-order chi connectivity index (χ1) is 6.45. The van der Waals surface area contributed by atoms with Crippen LogP contribution < -0.4 is 0 Å². The summed E-state index contributed by atoms with van der Waals surface area (Å²) in [6.45, 7) is 0. The van der Waals surface area contributed by atoms with Crippen LogP contribution in [0.2, 0.25) is 0 Å². The Morgan fingerprint density at radius 2 is 1.38 bits per heavy atom. The van der Waals surface area contributed by atoms with Crippen LogP contribution in [0.15, 0.2) is 24.5 Å². The Morgan fingerprint density at radius 3 is 1.77 bits per heavy atom. The monoisotopic (exact) mass is 174 g/mol. The molecule has 0 fully saturated rings. The van der Waals surface area contributed by atoms with Gasteiger partial charge in [-0.2, -0.15) is 0 Å². The fourth-order valence-electron chi connectivity index (χ4n) is 0.906. The van der Waals surface area contributed by atoms with Gasteiger partial charge in [0.05, 0.1) is 23.8 Å². The minimum Gasteiger partial charge on any atom is -0.139 e. The summed E-state index contributed by atoms with van der Waals surface area (Å²) >= 11 is 0. The fourth-order valence-corrected chi connectivity index (χ4v) is 0.906. The maximum absolute atomic E-state index is 3.82. The van der Waals surface area contributed by atoms with Crippen LogP contribution in [0.4, 0.5) is 0 Å². The zero-order valence-corrected chi connectivity index (χ0v) is 6.70. The Bertz CT molecular complexity index is 324. The van der Waals surface area contributed by atoms with Gasteiger partial charge >= 0.3 is 0 Å². The summed E-state index contributed by atoms with van der Waals surface area (Å²) in [4.78, 5) is 0. The Labute approximate surface area is 74.0 Å². The molecule has 0 saturated heterocycles. The number of hydrogen-bond acceptors (Lipinski definition) is 6. The summed E-state index contributed by atoms with van der Waals surface area (Å²) in [6.07, 6.45) is 3.79. The molecule has 0 aliphatic rings. The average Bonchev–Trinajstić information content (AvgIpc) is 2.21. The van der Waals surface area contributed by atoms with Crippen molar-refractivity contribution in [2.45, 2.75) is 6.42 Å². The van der Waals surface area contributed by atoms with Gasteiger partial charge in [0, 0.05) is 6.42 Å². The molecule has 0 unspecified atom stereocenters. The molecule has 0 amide bonds. The smallest absolute Gasteiger partial charge is 0.0724 e. The first-order valence-corrected chi connectivity index (χ1v) is 3.71. The first-order valence-electron chi connectivity index (χ1n) is 3.71. The molecule has 0 spiro atoms. The summed E-state index contributed by atoms with van der Waals surface area (Å²) in [5.41, 5.74) is 1.63. The number of nitrogens with zero attached hydrogens (tertiary/aromatic N) is 6. The maximum Gasteiger partial charge on any atom is 0.0724 e. The second kappa shape index (κ2) is 3.61. The summed E-state index contributed by atoms with van der Waals surface area (Å²) < 4.78 is 0. The molecule has 2 heterocycles. The Kier molecular flexibility index (Phi) is 2.13. The van der Waals surface area contributed by atoms with E-state index in [0.29, 0.717) is 6.42 Å². The SMILES string of the molecule is c1cc(Cc2ccnnn2)nnn1. The van der Waals surface area contributed by atoms with E-state index < -0.39 is 0 Å². The zero-order chi connectivity index (χ0) is 8.93. The third kappa shape index (κ3) is 1.98. The molecule has 0 N–H and O–H groups in total. The van der Waals surface area contributed by atoms with E-state index in [9.17, 15) is 0 Å². The van der Waals surface area contributed by atoms with Crippen molar-refractivity contribution in [3.63, 3.8) is 0 Å². The highest BCUT2D eigenvalue weighted by molar-refractivity contribution is 5.08. The molecule has 13 heavy (non-hydrogen) atoms. The molecule has 0 radical (unpaired) electrons. The van der Waals surface area contributed by atoms with Crippen molar-refractivity contribution in [2.75, 3.05) is 0 Å². The fraction of sp³-hybridized carbons (Fsp3) is 0.143. The zero-order valence-electron chi connectivity index (χ0n) is 6.70. The molecular formula is C7H6N6. The topological polar surface area (TPSA) is 77.3 Å². The van der Waals surface area contributed by atoms with E-state index in [4.69, 9.17) is 0 Å². The Morgan fingerprint density at radius 1 is 0.846 bits per heavy atom. The third-order valence-corrected chi connectivity index (χ3v) is 1.48. The predicted molar refractivity (Wildman–Crippen MR) is 42.5 cm³/mol. The van der Waals surface area contributed by atoms with Gasteiger partial charge in [-0.3, -0.25) is 0 Å². The molecule has 0 saturated carbocycles. The van der Waals surface area contributed by atoms with Crippen molar-refractivity contribution in [3.8, 4) is 0 Å². The van der Waals surface area contributed by atoms with Gasteiger partial charge < -0.3 is 0 Å². The van der Waals surface area contributed by atoms with E-state index in [2.05, 4.69) is 30.8 Å². The van der Waals surface area contributed by atoms with Gasteiger partial charge in [0.15, 0.2) is 0 Å². The average molecular weight is 174 g/mol. The first kappa shape index (κ1) is 7.66. The van der Waals surface area contributed by atoms with E-state index in [1.165, 1.54) is 0 Å². The highest BCUT2D eigenvalue weighted by Crippen LogP contribution is 1.99. The van der Waals surface area contributed by atoms with Crippen LogP contribution in [0, 0.1) is 0 Å². The maximum atomic E-state index is 3.82.